The van der Waals surface area contributed by atoms with Gasteiger partial charge in [-0.1, -0.05) is 0 Å². The smallest absolute Gasteiger partial charge is 0.342 e. The van der Waals surface area contributed by atoms with Crippen LogP contribution in [0.1, 0.15) is 6.92 Å². The third-order valence-corrected chi connectivity index (χ3v) is 4.07. The van der Waals surface area contributed by atoms with Gasteiger partial charge in [0.25, 0.3) is 0 Å². The monoisotopic (exact) mass is 310 g/mol. The van der Waals surface area contributed by atoms with Crippen LogP contribution in [-0.4, -0.2) is 56.1 Å². The van der Waals surface area contributed by atoms with Crippen LogP contribution in [-0.2, 0) is 14.8 Å². The molecule has 0 heterocycles. The molecule has 1 N–H and O–H groups in total. The molecule has 0 saturated heterocycles. The van der Waals surface area contributed by atoms with Gasteiger partial charge < -0.3 is 5.32 Å². The zero-order valence-electron chi connectivity index (χ0n) is 9.95. The Bertz CT molecular complexity index is 395. The first-order valence-corrected chi connectivity index (χ1v) is 6.84. The highest BCUT2D eigenvalue weighted by Gasteiger charge is 2.44. The number of halogens is 4. The van der Waals surface area contributed by atoms with E-state index in [9.17, 15) is 26.4 Å². The lowest BCUT2D eigenvalue weighted by Crippen LogP contribution is -2.52. The molecule has 2 unspecified atom stereocenters. The molecule has 0 aliphatic rings. The Hall–Kier alpha value is -0.540. The highest BCUT2D eigenvalue weighted by molar-refractivity contribution is 7.89. The molecule has 0 rings (SSSR count). The van der Waals surface area contributed by atoms with E-state index in [1.807, 2.05) is 0 Å². The third-order valence-electron chi connectivity index (χ3n) is 2.01. The molecule has 0 aliphatic carbocycles. The van der Waals surface area contributed by atoms with Crippen molar-refractivity contribution in [3.05, 3.63) is 0 Å². The highest BCUT2D eigenvalue weighted by atomic mass is 35.5. The Morgan fingerprint density at radius 2 is 1.83 bits per heavy atom. The molecule has 0 aromatic rings. The van der Waals surface area contributed by atoms with Crippen molar-refractivity contribution >= 4 is 27.5 Å². The Balaban J connectivity index is 5.01. The first-order valence-electron chi connectivity index (χ1n) is 4.79. The van der Waals surface area contributed by atoms with Gasteiger partial charge in [-0.15, -0.1) is 11.6 Å². The van der Waals surface area contributed by atoms with Gasteiger partial charge in [-0.2, -0.15) is 13.2 Å². The van der Waals surface area contributed by atoms with Gasteiger partial charge in [0.05, 0.1) is 5.75 Å². The second-order valence-corrected chi connectivity index (χ2v) is 6.66. The number of sulfonamides is 1. The molecule has 0 aliphatic heterocycles. The van der Waals surface area contributed by atoms with E-state index in [0.29, 0.717) is 4.31 Å². The Morgan fingerprint density at radius 3 is 2.11 bits per heavy atom. The highest BCUT2D eigenvalue weighted by Crippen LogP contribution is 2.22. The summed E-state index contributed by atoms with van der Waals surface area (Å²) in [6.07, 6.45) is -4.87. The van der Waals surface area contributed by atoms with E-state index < -0.39 is 39.3 Å². The molecule has 0 radical (unpaired) electrons. The summed E-state index contributed by atoms with van der Waals surface area (Å²) in [6, 6.07) is -2.49. The van der Waals surface area contributed by atoms with E-state index in [2.05, 4.69) is 0 Å². The average Bonchev–Trinajstić information content (AvgIpc) is 2.14. The summed E-state index contributed by atoms with van der Waals surface area (Å²) in [5, 5.41) is 0.382. The van der Waals surface area contributed by atoms with Gasteiger partial charge in [-0.05, 0) is 6.92 Å². The number of hydrogen-bond acceptors (Lipinski definition) is 3. The van der Waals surface area contributed by atoms with Gasteiger partial charge in [0.1, 0.15) is 11.4 Å². The second kappa shape index (κ2) is 6.07. The SMILES string of the molecule is CC(Cl)C(=O)NC(CS(=O)(=O)N(C)C)C(F)(F)F. The maximum absolute atomic E-state index is 12.6. The van der Waals surface area contributed by atoms with E-state index in [0.717, 1.165) is 14.1 Å². The number of rotatable bonds is 5. The van der Waals surface area contributed by atoms with Gasteiger partial charge in [0, 0.05) is 14.1 Å². The van der Waals surface area contributed by atoms with Crippen LogP contribution in [0.25, 0.3) is 0 Å². The van der Waals surface area contributed by atoms with E-state index in [4.69, 9.17) is 11.6 Å². The van der Waals surface area contributed by atoms with Crippen LogP contribution < -0.4 is 5.32 Å². The summed E-state index contributed by atoms with van der Waals surface area (Å²) >= 11 is 5.32. The van der Waals surface area contributed by atoms with Crippen molar-refractivity contribution in [2.24, 2.45) is 0 Å². The molecular weight excluding hydrogens is 297 g/mol. The van der Waals surface area contributed by atoms with E-state index >= 15 is 0 Å². The zero-order chi connectivity index (χ0) is 14.7. The fourth-order valence-corrected chi connectivity index (χ4v) is 1.92. The van der Waals surface area contributed by atoms with Crippen molar-refractivity contribution < 1.29 is 26.4 Å². The number of carbonyl (C=O) groups is 1. The number of alkyl halides is 4. The molecule has 2 atom stereocenters. The summed E-state index contributed by atoms with van der Waals surface area (Å²) < 4.78 is 61.2. The number of nitrogens with one attached hydrogen (secondary N) is 1. The predicted octanol–water partition coefficient (Wildman–Crippen LogP) is 0.552. The molecule has 0 aromatic carbocycles. The predicted molar refractivity (Wildman–Crippen MR) is 60.8 cm³/mol. The van der Waals surface area contributed by atoms with Crippen molar-refractivity contribution in [1.29, 1.82) is 0 Å². The summed E-state index contributed by atoms with van der Waals surface area (Å²) in [7, 11) is -1.88. The largest absolute Gasteiger partial charge is 0.409 e. The Morgan fingerprint density at radius 1 is 1.39 bits per heavy atom. The van der Waals surface area contributed by atoms with Gasteiger partial charge in [-0.25, -0.2) is 12.7 Å². The molecule has 10 heteroatoms. The Labute approximate surface area is 108 Å². The second-order valence-electron chi connectivity index (χ2n) is 3.78. The molecule has 0 bridgehead atoms. The first kappa shape index (κ1) is 17.5. The molecular formula is C8H14ClF3N2O3S. The lowest BCUT2D eigenvalue weighted by molar-refractivity contribution is -0.157. The van der Waals surface area contributed by atoms with Gasteiger partial charge >= 0.3 is 6.18 Å². The van der Waals surface area contributed by atoms with E-state index in [1.165, 1.54) is 6.92 Å². The molecule has 108 valence electrons. The summed E-state index contributed by atoms with van der Waals surface area (Å²) in [4.78, 5) is 11.1. The molecule has 5 nitrogen and oxygen atoms in total. The van der Waals surface area contributed by atoms with Crippen LogP contribution in [0.15, 0.2) is 0 Å². The quantitative estimate of drug-likeness (QED) is 0.754. The van der Waals surface area contributed by atoms with Crippen molar-refractivity contribution in [1.82, 2.24) is 9.62 Å². The first-order chi connectivity index (χ1) is 7.88. The van der Waals surface area contributed by atoms with Gasteiger partial charge in [0.2, 0.25) is 15.9 Å². The van der Waals surface area contributed by atoms with Crippen LogP contribution in [0.3, 0.4) is 0 Å². The van der Waals surface area contributed by atoms with Crippen LogP contribution in [0.5, 0.6) is 0 Å². The van der Waals surface area contributed by atoms with Crippen molar-refractivity contribution in [3.8, 4) is 0 Å². The number of nitrogens with zero attached hydrogens (tertiary/aromatic N) is 1. The van der Waals surface area contributed by atoms with Gasteiger partial charge in [-0.3, -0.25) is 4.79 Å². The lowest BCUT2D eigenvalue weighted by atomic mass is 10.3. The standard InChI is InChI=1S/C8H14ClF3N2O3S/c1-5(9)7(15)13-6(8(10,11)12)4-18(16,17)14(2)3/h5-6H,4H2,1-3H3,(H,13,15). The Kier molecular flexibility index (Phi) is 5.89. The minimum absolute atomic E-state index is 0.655. The van der Waals surface area contributed by atoms with Crippen molar-refractivity contribution in [3.63, 3.8) is 0 Å². The molecule has 0 spiro atoms. The van der Waals surface area contributed by atoms with Gasteiger partial charge in [0.15, 0.2) is 0 Å². The third kappa shape index (κ3) is 5.40. The fourth-order valence-electron chi connectivity index (χ4n) is 0.864. The summed E-state index contributed by atoms with van der Waals surface area (Å²) in [6.45, 7) is 1.19. The molecule has 0 saturated carbocycles. The fraction of sp³-hybridized carbons (Fsp3) is 0.875. The lowest BCUT2D eigenvalue weighted by Gasteiger charge is -2.23. The minimum Gasteiger partial charge on any atom is -0.342 e. The van der Waals surface area contributed by atoms with Crippen molar-refractivity contribution in [2.75, 3.05) is 19.8 Å². The van der Waals surface area contributed by atoms with Crippen molar-refractivity contribution in [2.45, 2.75) is 24.5 Å². The molecule has 1 amide bonds. The molecule has 0 fully saturated rings. The topological polar surface area (TPSA) is 66.5 Å². The van der Waals surface area contributed by atoms with Crippen LogP contribution in [0.2, 0.25) is 0 Å². The van der Waals surface area contributed by atoms with E-state index in [-0.39, 0.29) is 0 Å². The van der Waals surface area contributed by atoms with E-state index in [1.54, 1.807) is 5.32 Å². The molecule has 18 heavy (non-hydrogen) atoms. The number of amides is 1. The average molecular weight is 311 g/mol. The maximum atomic E-state index is 12.6. The number of hydrogen-bond donors (Lipinski definition) is 1. The van der Waals surface area contributed by atoms with Crippen LogP contribution in [0, 0.1) is 0 Å². The normalized spacial score (nSPS) is 16.4. The summed E-state index contributed by atoms with van der Waals surface area (Å²) in [5.74, 6) is -2.34. The maximum Gasteiger partial charge on any atom is 0.409 e. The minimum atomic E-state index is -4.87. The number of carbonyl (C=O) groups excluding carboxylic acids is 1. The molecule has 0 aromatic heterocycles. The van der Waals surface area contributed by atoms with Crippen LogP contribution >= 0.6 is 11.6 Å². The summed E-state index contributed by atoms with van der Waals surface area (Å²) in [5.41, 5.74) is 0. The van der Waals surface area contributed by atoms with Crippen LogP contribution in [0.4, 0.5) is 13.2 Å². The zero-order valence-corrected chi connectivity index (χ0v) is 11.5.